The number of nitrogens with one attached hydrogen (secondary N) is 1. The topological polar surface area (TPSA) is 121 Å². The number of likely N-dealkylation sites (N-methyl/N-ethyl adjacent to an activating group) is 1. The molecule has 3 fully saturated rings. The first-order valence-corrected chi connectivity index (χ1v) is 12.5. The molecule has 11 nitrogen and oxygen atoms in total. The smallest absolute Gasteiger partial charge is 0.325 e. The molecule has 4 heterocycles. The number of halogens is 1. The molecule has 196 valence electrons. The van der Waals surface area contributed by atoms with Crippen LogP contribution in [0.2, 0.25) is 0 Å². The second kappa shape index (κ2) is 8.89. The van der Waals surface area contributed by atoms with Crippen LogP contribution in [0.15, 0.2) is 41.3 Å². The number of likely N-dealkylation sites (tertiary alicyclic amines) is 1. The molecule has 0 atom stereocenters. The van der Waals surface area contributed by atoms with Crippen LogP contribution < -0.4 is 15.8 Å². The molecule has 12 heteroatoms. The molecule has 0 unspecified atom stereocenters. The van der Waals surface area contributed by atoms with Crippen molar-refractivity contribution in [3.63, 3.8) is 0 Å². The van der Waals surface area contributed by atoms with Gasteiger partial charge < -0.3 is 15.1 Å². The van der Waals surface area contributed by atoms with Gasteiger partial charge in [0.15, 0.2) is 11.5 Å². The van der Waals surface area contributed by atoms with E-state index in [1.165, 1.54) is 46.0 Å². The summed E-state index contributed by atoms with van der Waals surface area (Å²) < 4.78 is 14.4. The van der Waals surface area contributed by atoms with Gasteiger partial charge >= 0.3 is 6.03 Å². The molecule has 38 heavy (non-hydrogen) atoms. The summed E-state index contributed by atoms with van der Waals surface area (Å²) in [6, 6.07) is 6.74. The fourth-order valence-corrected chi connectivity index (χ4v) is 4.98. The minimum atomic E-state index is -0.664. The summed E-state index contributed by atoms with van der Waals surface area (Å²) in [5, 5.41) is 2.68. The Balaban J connectivity index is 1.34. The lowest BCUT2D eigenvalue weighted by atomic mass is 9.97. The van der Waals surface area contributed by atoms with Crippen molar-refractivity contribution in [2.75, 3.05) is 38.1 Å². The molecule has 0 radical (unpaired) electrons. The number of carbonyl (C=O) groups excluding carboxylic acids is 3. The predicted octanol–water partition coefficient (Wildman–Crippen LogP) is 1.35. The van der Waals surface area contributed by atoms with E-state index in [1.54, 1.807) is 16.8 Å². The number of anilines is 1. The normalized spacial score (nSPS) is 17.7. The lowest BCUT2D eigenvalue weighted by Gasteiger charge is -2.40. The summed E-state index contributed by atoms with van der Waals surface area (Å²) in [6.07, 6.45) is 3.63. The van der Waals surface area contributed by atoms with Crippen molar-refractivity contribution in [2.24, 2.45) is 5.41 Å². The molecule has 1 aliphatic carbocycles. The molecule has 1 aromatic carbocycles. The number of pyridine rings is 1. The van der Waals surface area contributed by atoms with Crippen molar-refractivity contribution in [3.8, 4) is 0 Å². The van der Waals surface area contributed by atoms with Gasteiger partial charge in [-0.3, -0.25) is 23.9 Å². The fraction of sp³-hybridized carbons (Fsp3) is 0.385. The van der Waals surface area contributed by atoms with E-state index in [9.17, 15) is 23.6 Å². The van der Waals surface area contributed by atoms with Crippen molar-refractivity contribution >= 4 is 34.8 Å². The van der Waals surface area contributed by atoms with Crippen LogP contribution in [0.25, 0.3) is 11.2 Å². The van der Waals surface area contributed by atoms with E-state index in [2.05, 4.69) is 15.3 Å². The van der Waals surface area contributed by atoms with Gasteiger partial charge in [0.1, 0.15) is 23.4 Å². The summed E-state index contributed by atoms with van der Waals surface area (Å²) in [5.41, 5.74) is 0.417. The molecule has 3 aliphatic rings. The molecule has 2 aliphatic heterocycles. The van der Waals surface area contributed by atoms with E-state index in [0.717, 1.165) is 12.8 Å². The molecule has 4 amide bonds. The second-order valence-corrected chi connectivity index (χ2v) is 10.3. The van der Waals surface area contributed by atoms with E-state index in [0.29, 0.717) is 37.6 Å². The van der Waals surface area contributed by atoms with Gasteiger partial charge in [0.2, 0.25) is 5.91 Å². The molecular weight excluding hydrogens is 493 g/mol. The van der Waals surface area contributed by atoms with Crippen molar-refractivity contribution < 1.29 is 18.8 Å². The van der Waals surface area contributed by atoms with E-state index in [1.807, 2.05) is 0 Å². The maximum atomic E-state index is 13.5. The van der Waals surface area contributed by atoms with Crippen LogP contribution in [-0.2, 0) is 17.9 Å². The molecule has 2 saturated heterocycles. The third-order valence-electron chi connectivity index (χ3n) is 7.54. The first-order valence-electron chi connectivity index (χ1n) is 12.5. The van der Waals surface area contributed by atoms with Crippen molar-refractivity contribution in [1.29, 1.82) is 0 Å². The predicted molar refractivity (Wildman–Crippen MR) is 135 cm³/mol. The summed E-state index contributed by atoms with van der Waals surface area (Å²) in [4.78, 5) is 65.7. The van der Waals surface area contributed by atoms with Gasteiger partial charge in [-0.25, -0.2) is 19.2 Å². The van der Waals surface area contributed by atoms with Crippen molar-refractivity contribution in [1.82, 2.24) is 29.7 Å². The van der Waals surface area contributed by atoms with E-state index in [-0.39, 0.29) is 47.2 Å². The van der Waals surface area contributed by atoms with Crippen LogP contribution in [-0.4, -0.2) is 75.4 Å². The van der Waals surface area contributed by atoms with Gasteiger partial charge in [0.25, 0.3) is 11.5 Å². The number of benzene rings is 1. The van der Waals surface area contributed by atoms with E-state index < -0.39 is 17.3 Å². The van der Waals surface area contributed by atoms with Crippen molar-refractivity contribution in [2.45, 2.75) is 25.9 Å². The zero-order valence-electron chi connectivity index (χ0n) is 20.8. The Morgan fingerprint density at radius 1 is 1.11 bits per heavy atom. The van der Waals surface area contributed by atoms with Gasteiger partial charge in [-0.2, -0.15) is 0 Å². The average molecular weight is 520 g/mol. The molecule has 0 bridgehead atoms. The third-order valence-corrected chi connectivity index (χ3v) is 7.54. The number of hydrogen-bond acceptors (Lipinski definition) is 6. The highest BCUT2D eigenvalue weighted by molar-refractivity contribution is 5.97. The van der Waals surface area contributed by atoms with Gasteiger partial charge in [0, 0.05) is 45.2 Å². The number of rotatable bonds is 6. The highest BCUT2D eigenvalue weighted by Gasteiger charge is 2.53. The van der Waals surface area contributed by atoms with Crippen LogP contribution in [0.4, 0.5) is 15.0 Å². The Hall–Kier alpha value is -4.35. The number of fused-ring (bicyclic) bond motifs is 1. The quantitative estimate of drug-likeness (QED) is 0.525. The average Bonchev–Trinajstić information content (AvgIpc) is 3.63. The Kier molecular flexibility index (Phi) is 5.62. The van der Waals surface area contributed by atoms with Gasteiger partial charge in [-0.15, -0.1) is 0 Å². The first-order chi connectivity index (χ1) is 18.2. The van der Waals surface area contributed by atoms with E-state index in [4.69, 9.17) is 0 Å². The maximum absolute atomic E-state index is 13.5. The zero-order valence-corrected chi connectivity index (χ0v) is 20.8. The Morgan fingerprint density at radius 3 is 2.50 bits per heavy atom. The van der Waals surface area contributed by atoms with Crippen LogP contribution in [0.1, 0.15) is 28.8 Å². The number of urea groups is 1. The number of carbonyl (C=O) groups is 3. The number of aromatic nitrogens is 3. The Labute approximate surface area is 216 Å². The minimum absolute atomic E-state index is 0.0751. The number of hydrogen-bond donors (Lipinski definition) is 1. The highest BCUT2D eigenvalue weighted by atomic mass is 19.1. The molecule has 3 aromatic rings. The van der Waals surface area contributed by atoms with Gasteiger partial charge in [0.05, 0.1) is 6.20 Å². The van der Waals surface area contributed by atoms with Crippen LogP contribution in [0.3, 0.4) is 0 Å². The molecular formula is C26H26FN7O4. The SMILES string of the molecule is CN1CCN(c2cnc3c(cc(C(=O)NCc4ccc(F)cc4)c(=O)n3CC(=O)N3CC4(CC4)C3)n2)C1=O. The third kappa shape index (κ3) is 4.25. The molecule has 1 saturated carbocycles. The first kappa shape index (κ1) is 24.0. The standard InChI is InChI=1S/C26H26FN7O4/c1-31-8-9-33(25(31)38)20-12-28-22-19(30-20)10-18(23(36)29-11-16-2-4-17(27)5-3-16)24(37)34(22)13-21(35)32-14-26(15-32)6-7-26/h2-5,10,12H,6-9,11,13-15H2,1H3,(H,29,36). The molecule has 2 aromatic heterocycles. The highest BCUT2D eigenvalue weighted by Crippen LogP contribution is 2.52. The van der Waals surface area contributed by atoms with Crippen LogP contribution in [0.5, 0.6) is 0 Å². The van der Waals surface area contributed by atoms with Crippen LogP contribution in [0, 0.1) is 11.2 Å². The molecule has 1 N–H and O–H groups in total. The Morgan fingerprint density at radius 2 is 1.84 bits per heavy atom. The monoisotopic (exact) mass is 519 g/mol. The van der Waals surface area contributed by atoms with Gasteiger partial charge in [-0.05, 0) is 36.6 Å². The summed E-state index contributed by atoms with van der Waals surface area (Å²) >= 11 is 0. The summed E-state index contributed by atoms with van der Waals surface area (Å²) in [6.45, 7) is 2.11. The zero-order chi connectivity index (χ0) is 26.6. The lowest BCUT2D eigenvalue weighted by molar-refractivity contribution is -0.139. The molecule has 6 rings (SSSR count). The number of amides is 4. The minimum Gasteiger partial charge on any atom is -0.348 e. The maximum Gasteiger partial charge on any atom is 0.325 e. The second-order valence-electron chi connectivity index (χ2n) is 10.3. The largest absolute Gasteiger partial charge is 0.348 e. The van der Waals surface area contributed by atoms with E-state index >= 15 is 0 Å². The summed E-state index contributed by atoms with van der Waals surface area (Å²) in [5.74, 6) is -0.988. The van der Waals surface area contributed by atoms with Crippen LogP contribution >= 0.6 is 0 Å². The van der Waals surface area contributed by atoms with Gasteiger partial charge in [-0.1, -0.05) is 12.1 Å². The Bertz CT molecular complexity index is 1530. The molecule has 1 spiro atoms. The number of nitrogens with zero attached hydrogens (tertiary/aromatic N) is 6. The lowest BCUT2D eigenvalue weighted by Crippen LogP contribution is -2.53. The fourth-order valence-electron chi connectivity index (χ4n) is 4.98. The van der Waals surface area contributed by atoms with Crippen molar-refractivity contribution in [3.05, 3.63) is 63.8 Å². The summed E-state index contributed by atoms with van der Waals surface area (Å²) in [7, 11) is 1.69.